The molecule has 2 aromatic carbocycles. The Balaban J connectivity index is 1.42. The van der Waals surface area contributed by atoms with Crippen molar-refractivity contribution in [1.82, 2.24) is 15.2 Å². The predicted molar refractivity (Wildman–Crippen MR) is 107 cm³/mol. The zero-order valence-electron chi connectivity index (χ0n) is 15.2. The van der Waals surface area contributed by atoms with Crippen molar-refractivity contribution in [2.24, 2.45) is 0 Å². The maximum atomic E-state index is 5.26. The Kier molecular flexibility index (Phi) is 5.00. The highest BCUT2D eigenvalue weighted by atomic mass is 16.5. The summed E-state index contributed by atoms with van der Waals surface area (Å²) in [5, 5.41) is 11.6. The van der Waals surface area contributed by atoms with Crippen molar-refractivity contribution < 1.29 is 4.74 Å². The summed E-state index contributed by atoms with van der Waals surface area (Å²) >= 11 is 0. The van der Waals surface area contributed by atoms with Crippen molar-refractivity contribution in [2.75, 3.05) is 48.4 Å². The molecule has 0 saturated carbocycles. The molecule has 1 aromatic heterocycles. The first-order valence-corrected chi connectivity index (χ1v) is 8.97. The van der Waals surface area contributed by atoms with Crippen molar-refractivity contribution in [2.45, 2.75) is 0 Å². The van der Waals surface area contributed by atoms with E-state index in [0.717, 1.165) is 37.6 Å². The molecule has 2 heterocycles. The Morgan fingerprint density at radius 1 is 0.926 bits per heavy atom. The summed E-state index contributed by atoms with van der Waals surface area (Å²) in [5.41, 5.74) is 2.15. The number of ether oxygens (including phenoxy) is 1. The number of benzene rings is 2. The van der Waals surface area contributed by atoms with Gasteiger partial charge in [-0.2, -0.15) is 10.1 Å². The van der Waals surface area contributed by atoms with Gasteiger partial charge in [0.05, 0.1) is 13.3 Å². The number of para-hydroxylation sites is 1. The smallest absolute Gasteiger partial charge is 0.247 e. The standard InChI is InChI=1S/C20H22N6O/c1-27-18-9-5-6-16(14-18)22-19-15-21-24-20(23-19)26-12-10-25(11-13-26)17-7-3-2-4-8-17/h2-9,14-15H,10-13H2,1H3,(H,22,23,24). The average Bonchev–Trinajstić information content (AvgIpc) is 2.75. The highest BCUT2D eigenvalue weighted by molar-refractivity contribution is 5.58. The number of nitrogens with zero attached hydrogens (tertiary/aromatic N) is 5. The Bertz CT molecular complexity index is 880. The van der Waals surface area contributed by atoms with E-state index in [9.17, 15) is 0 Å². The van der Waals surface area contributed by atoms with Gasteiger partial charge in [-0.15, -0.1) is 5.10 Å². The molecule has 3 aromatic rings. The van der Waals surface area contributed by atoms with Crippen molar-refractivity contribution >= 4 is 23.1 Å². The minimum atomic E-state index is 0.649. The van der Waals surface area contributed by atoms with Crippen LogP contribution in [0.25, 0.3) is 0 Å². The maximum Gasteiger partial charge on any atom is 0.247 e. The summed E-state index contributed by atoms with van der Waals surface area (Å²) in [5.74, 6) is 2.11. The van der Waals surface area contributed by atoms with E-state index in [1.807, 2.05) is 30.3 Å². The third-order valence-electron chi connectivity index (χ3n) is 4.57. The third-order valence-corrected chi connectivity index (χ3v) is 4.57. The van der Waals surface area contributed by atoms with Crippen LogP contribution in [0.5, 0.6) is 5.75 Å². The molecule has 27 heavy (non-hydrogen) atoms. The normalized spacial score (nSPS) is 14.1. The lowest BCUT2D eigenvalue weighted by Gasteiger charge is -2.35. The molecule has 1 fully saturated rings. The number of piperazine rings is 1. The quantitative estimate of drug-likeness (QED) is 0.748. The molecule has 0 radical (unpaired) electrons. The monoisotopic (exact) mass is 362 g/mol. The van der Waals surface area contributed by atoms with Gasteiger partial charge >= 0.3 is 0 Å². The van der Waals surface area contributed by atoms with Crippen LogP contribution in [0.2, 0.25) is 0 Å². The van der Waals surface area contributed by atoms with Gasteiger partial charge in [0.15, 0.2) is 5.82 Å². The summed E-state index contributed by atoms with van der Waals surface area (Å²) in [4.78, 5) is 9.17. The van der Waals surface area contributed by atoms with Crippen molar-refractivity contribution in [3.8, 4) is 5.75 Å². The molecule has 0 bridgehead atoms. The summed E-state index contributed by atoms with van der Waals surface area (Å²) in [6, 6.07) is 18.2. The minimum Gasteiger partial charge on any atom is -0.497 e. The van der Waals surface area contributed by atoms with Gasteiger partial charge in [0.1, 0.15) is 5.75 Å². The molecule has 0 aliphatic carbocycles. The molecule has 138 valence electrons. The fourth-order valence-corrected chi connectivity index (χ4v) is 3.14. The number of nitrogens with one attached hydrogen (secondary N) is 1. The topological polar surface area (TPSA) is 66.4 Å². The summed E-state index contributed by atoms with van der Waals surface area (Å²) in [6.45, 7) is 3.58. The van der Waals surface area contributed by atoms with Crippen molar-refractivity contribution in [3.05, 3.63) is 60.8 Å². The van der Waals surface area contributed by atoms with E-state index in [1.54, 1.807) is 13.3 Å². The van der Waals surface area contributed by atoms with Crippen LogP contribution in [0.1, 0.15) is 0 Å². The molecule has 0 amide bonds. The lowest BCUT2D eigenvalue weighted by Crippen LogP contribution is -2.47. The van der Waals surface area contributed by atoms with E-state index < -0.39 is 0 Å². The average molecular weight is 362 g/mol. The maximum absolute atomic E-state index is 5.26. The highest BCUT2D eigenvalue weighted by Gasteiger charge is 2.19. The van der Waals surface area contributed by atoms with Gasteiger partial charge in [0.2, 0.25) is 5.95 Å². The second kappa shape index (κ2) is 7.90. The Morgan fingerprint density at radius 2 is 1.70 bits per heavy atom. The molecule has 1 N–H and O–H groups in total. The van der Waals surface area contributed by atoms with Gasteiger partial charge in [0, 0.05) is 43.6 Å². The third kappa shape index (κ3) is 4.08. The molecule has 0 spiro atoms. The Labute approximate surface area is 158 Å². The molecular formula is C20H22N6O. The minimum absolute atomic E-state index is 0.649. The van der Waals surface area contributed by atoms with Crippen LogP contribution in [0.4, 0.5) is 23.1 Å². The van der Waals surface area contributed by atoms with Gasteiger partial charge in [0.25, 0.3) is 0 Å². The number of rotatable bonds is 5. The van der Waals surface area contributed by atoms with Crippen LogP contribution in [0.15, 0.2) is 60.8 Å². The zero-order valence-corrected chi connectivity index (χ0v) is 15.2. The molecular weight excluding hydrogens is 340 g/mol. The second-order valence-corrected chi connectivity index (χ2v) is 6.31. The molecule has 1 aliphatic rings. The molecule has 1 aliphatic heterocycles. The van der Waals surface area contributed by atoms with Crippen LogP contribution in [0, 0.1) is 0 Å². The fraction of sp³-hybridized carbons (Fsp3) is 0.250. The van der Waals surface area contributed by atoms with Crippen molar-refractivity contribution in [3.63, 3.8) is 0 Å². The SMILES string of the molecule is COc1cccc(Nc2cnnc(N3CCN(c4ccccc4)CC3)n2)c1. The second-order valence-electron chi connectivity index (χ2n) is 6.31. The first kappa shape index (κ1) is 17.1. The molecule has 1 saturated heterocycles. The highest BCUT2D eigenvalue weighted by Crippen LogP contribution is 2.22. The molecule has 0 atom stereocenters. The van der Waals surface area contributed by atoms with Gasteiger partial charge in [-0.05, 0) is 24.3 Å². The van der Waals surface area contributed by atoms with E-state index in [2.05, 4.69) is 54.6 Å². The summed E-state index contributed by atoms with van der Waals surface area (Å²) < 4.78 is 5.26. The number of hydrogen-bond acceptors (Lipinski definition) is 7. The van der Waals surface area contributed by atoms with E-state index in [1.165, 1.54) is 5.69 Å². The van der Waals surface area contributed by atoms with Crippen molar-refractivity contribution in [1.29, 1.82) is 0 Å². The van der Waals surface area contributed by atoms with Gasteiger partial charge < -0.3 is 19.9 Å². The molecule has 0 unspecified atom stereocenters. The first-order chi connectivity index (χ1) is 13.3. The van der Waals surface area contributed by atoms with E-state index in [0.29, 0.717) is 11.8 Å². The summed E-state index contributed by atoms with van der Waals surface area (Å²) in [6.07, 6.45) is 1.63. The first-order valence-electron chi connectivity index (χ1n) is 8.97. The van der Waals surface area contributed by atoms with Gasteiger partial charge in [-0.1, -0.05) is 24.3 Å². The number of aromatic nitrogens is 3. The largest absolute Gasteiger partial charge is 0.497 e. The predicted octanol–water partition coefficient (Wildman–Crippen LogP) is 2.95. The lowest BCUT2D eigenvalue weighted by molar-refractivity contribution is 0.415. The number of anilines is 4. The van der Waals surface area contributed by atoms with Crippen LogP contribution in [-0.2, 0) is 0 Å². The van der Waals surface area contributed by atoms with Gasteiger partial charge in [-0.25, -0.2) is 0 Å². The molecule has 4 rings (SSSR count). The van der Waals surface area contributed by atoms with E-state index >= 15 is 0 Å². The molecule has 7 heteroatoms. The van der Waals surface area contributed by atoms with Gasteiger partial charge in [-0.3, -0.25) is 0 Å². The number of hydrogen-bond donors (Lipinski definition) is 1. The van der Waals surface area contributed by atoms with Crippen LogP contribution < -0.4 is 19.9 Å². The van der Waals surface area contributed by atoms with Crippen LogP contribution in [-0.4, -0.2) is 48.5 Å². The van der Waals surface area contributed by atoms with E-state index in [4.69, 9.17) is 4.74 Å². The Morgan fingerprint density at radius 3 is 2.48 bits per heavy atom. The number of methoxy groups -OCH3 is 1. The van der Waals surface area contributed by atoms with E-state index in [-0.39, 0.29) is 0 Å². The van der Waals surface area contributed by atoms with Crippen LogP contribution in [0.3, 0.4) is 0 Å². The lowest BCUT2D eigenvalue weighted by atomic mass is 10.2. The zero-order chi connectivity index (χ0) is 18.5. The fourth-order valence-electron chi connectivity index (χ4n) is 3.14. The Hall–Kier alpha value is -3.35. The summed E-state index contributed by atoms with van der Waals surface area (Å²) in [7, 11) is 1.65. The van der Waals surface area contributed by atoms with Crippen LogP contribution >= 0.6 is 0 Å². The molecule has 7 nitrogen and oxygen atoms in total.